The molecule has 0 heterocycles. The van der Waals surface area contributed by atoms with Gasteiger partial charge in [0.1, 0.15) is 0 Å². The molecular weight excluding hydrogens is 352 g/mol. The minimum Gasteiger partial charge on any atom is -0.480 e. The Hall–Kier alpha value is -2.38. The Morgan fingerprint density at radius 1 is 1.23 bits per heavy atom. The lowest BCUT2D eigenvalue weighted by Crippen LogP contribution is -2.30. The summed E-state index contributed by atoms with van der Waals surface area (Å²) < 4.78 is 0. The van der Waals surface area contributed by atoms with E-state index in [4.69, 9.17) is 5.11 Å². The minimum atomic E-state index is -0.903. The molecule has 26 heavy (non-hydrogen) atoms. The fourth-order valence-corrected chi connectivity index (χ4v) is 3.50. The average Bonchev–Trinajstić information content (AvgIpc) is 2.57. The second kappa shape index (κ2) is 9.35. The molecule has 2 aromatic rings. The number of nitrogens with zero attached hydrogens (tertiary/aromatic N) is 2. The van der Waals surface area contributed by atoms with Crippen molar-refractivity contribution in [2.24, 2.45) is 0 Å². The van der Waals surface area contributed by atoms with E-state index in [9.17, 15) is 14.9 Å². The normalized spacial score (nSPS) is 10.9. The Kier molecular flexibility index (Phi) is 7.17. The van der Waals surface area contributed by atoms with E-state index < -0.39 is 5.97 Å². The number of rotatable bonds is 9. The number of carboxylic acid groups (broad SMARTS) is 1. The molecule has 0 aliphatic rings. The lowest BCUT2D eigenvalue weighted by molar-refractivity contribution is -0.387. The van der Waals surface area contributed by atoms with Crippen molar-refractivity contribution in [2.75, 3.05) is 13.1 Å². The highest BCUT2D eigenvalue weighted by Crippen LogP contribution is 2.35. The van der Waals surface area contributed by atoms with Crippen LogP contribution in [0.2, 0.25) is 0 Å². The van der Waals surface area contributed by atoms with Gasteiger partial charge in [-0.05, 0) is 43.7 Å². The third-order valence-corrected chi connectivity index (χ3v) is 4.85. The molecule has 6 nitrogen and oxygen atoms in total. The molecule has 2 rings (SSSR count). The summed E-state index contributed by atoms with van der Waals surface area (Å²) in [6.45, 7) is 4.88. The van der Waals surface area contributed by atoms with Gasteiger partial charge in [-0.2, -0.15) is 0 Å². The van der Waals surface area contributed by atoms with Crippen LogP contribution in [-0.4, -0.2) is 34.0 Å². The maximum atomic E-state index is 11.5. The van der Waals surface area contributed by atoms with Gasteiger partial charge in [0.05, 0.1) is 16.4 Å². The number of carbonyl (C=O) groups is 1. The number of aryl methyl sites for hydroxylation is 1. The van der Waals surface area contributed by atoms with Gasteiger partial charge in [-0.15, -0.1) is 0 Å². The average molecular weight is 374 g/mol. The van der Waals surface area contributed by atoms with Crippen molar-refractivity contribution < 1.29 is 14.8 Å². The fraction of sp³-hybridized carbons (Fsp3) is 0.316. The van der Waals surface area contributed by atoms with E-state index in [-0.39, 0.29) is 17.2 Å². The lowest BCUT2D eigenvalue weighted by atomic mass is 10.2. The van der Waals surface area contributed by atoms with Crippen LogP contribution in [0.5, 0.6) is 0 Å². The molecule has 2 aromatic carbocycles. The summed E-state index contributed by atoms with van der Waals surface area (Å²) in [5.74, 6) is -0.903. The van der Waals surface area contributed by atoms with Crippen molar-refractivity contribution in [1.29, 1.82) is 0 Å². The molecule has 0 spiro atoms. The number of hydrogen-bond donors (Lipinski definition) is 1. The first-order valence-electron chi connectivity index (χ1n) is 8.35. The van der Waals surface area contributed by atoms with Crippen molar-refractivity contribution >= 4 is 23.4 Å². The maximum Gasteiger partial charge on any atom is 0.317 e. The van der Waals surface area contributed by atoms with Crippen molar-refractivity contribution in [3.05, 3.63) is 63.7 Å². The minimum absolute atomic E-state index is 0.0415. The fourth-order valence-electron chi connectivity index (χ4n) is 2.60. The summed E-state index contributed by atoms with van der Waals surface area (Å²) in [7, 11) is 0. The molecule has 0 atom stereocenters. The van der Waals surface area contributed by atoms with Gasteiger partial charge in [-0.1, -0.05) is 42.4 Å². The molecule has 138 valence electrons. The third kappa shape index (κ3) is 5.86. The monoisotopic (exact) mass is 374 g/mol. The van der Waals surface area contributed by atoms with Gasteiger partial charge in [0.15, 0.2) is 0 Å². The van der Waals surface area contributed by atoms with Gasteiger partial charge in [0.25, 0.3) is 5.69 Å². The van der Waals surface area contributed by atoms with Gasteiger partial charge < -0.3 is 5.11 Å². The molecule has 1 N–H and O–H groups in total. The van der Waals surface area contributed by atoms with Crippen LogP contribution in [0.15, 0.2) is 52.3 Å². The van der Waals surface area contributed by atoms with E-state index in [0.29, 0.717) is 18.0 Å². The Balaban J connectivity index is 2.23. The van der Waals surface area contributed by atoms with E-state index in [1.807, 2.05) is 44.2 Å². The highest BCUT2D eigenvalue weighted by molar-refractivity contribution is 7.99. The van der Waals surface area contributed by atoms with Crippen LogP contribution in [-0.2, 0) is 11.3 Å². The summed E-state index contributed by atoms with van der Waals surface area (Å²) in [5.41, 5.74) is 1.91. The Morgan fingerprint density at radius 2 is 1.92 bits per heavy atom. The molecular formula is C19H22N2O4S. The van der Waals surface area contributed by atoms with E-state index in [1.54, 1.807) is 17.0 Å². The number of nitro groups is 1. The van der Waals surface area contributed by atoms with Gasteiger partial charge in [0.2, 0.25) is 0 Å². The molecule has 0 aliphatic carbocycles. The van der Waals surface area contributed by atoms with Crippen LogP contribution >= 0.6 is 11.8 Å². The number of aliphatic carboxylic acids is 1. The smallest absolute Gasteiger partial charge is 0.317 e. The predicted molar refractivity (Wildman–Crippen MR) is 102 cm³/mol. The summed E-state index contributed by atoms with van der Waals surface area (Å²) >= 11 is 1.35. The molecule has 0 aromatic heterocycles. The van der Waals surface area contributed by atoms with Crippen LogP contribution < -0.4 is 0 Å². The van der Waals surface area contributed by atoms with Crippen molar-refractivity contribution in [1.82, 2.24) is 4.90 Å². The summed E-state index contributed by atoms with van der Waals surface area (Å²) in [6.07, 6.45) is 0.816. The Morgan fingerprint density at radius 3 is 2.50 bits per heavy atom. The van der Waals surface area contributed by atoms with E-state index >= 15 is 0 Å². The molecule has 0 saturated heterocycles. The molecule has 0 amide bonds. The zero-order chi connectivity index (χ0) is 19.1. The van der Waals surface area contributed by atoms with Crippen LogP contribution in [0.1, 0.15) is 24.5 Å². The Labute approximate surface area is 157 Å². The SMILES string of the molecule is CCCN(CC(=O)O)Cc1ccc(Sc2ccc(C)cc2)c([N+](=O)[O-])c1. The molecule has 0 saturated carbocycles. The first-order valence-corrected chi connectivity index (χ1v) is 9.16. The third-order valence-electron chi connectivity index (χ3n) is 3.77. The van der Waals surface area contributed by atoms with Gasteiger partial charge >= 0.3 is 5.97 Å². The van der Waals surface area contributed by atoms with E-state index in [2.05, 4.69) is 0 Å². The van der Waals surface area contributed by atoms with E-state index in [0.717, 1.165) is 22.4 Å². The first-order chi connectivity index (χ1) is 12.4. The van der Waals surface area contributed by atoms with Crippen LogP contribution in [0.25, 0.3) is 0 Å². The first kappa shape index (κ1) is 19.9. The number of benzene rings is 2. The van der Waals surface area contributed by atoms with Crippen molar-refractivity contribution in [3.8, 4) is 0 Å². The van der Waals surface area contributed by atoms with Crippen LogP contribution in [0.4, 0.5) is 5.69 Å². The van der Waals surface area contributed by atoms with Crippen molar-refractivity contribution in [2.45, 2.75) is 36.6 Å². The van der Waals surface area contributed by atoms with Crippen molar-refractivity contribution in [3.63, 3.8) is 0 Å². The van der Waals surface area contributed by atoms with Gasteiger partial charge in [0, 0.05) is 17.5 Å². The zero-order valence-electron chi connectivity index (χ0n) is 14.8. The maximum absolute atomic E-state index is 11.5. The molecule has 0 unspecified atom stereocenters. The molecule has 0 fully saturated rings. The molecule has 0 radical (unpaired) electrons. The summed E-state index contributed by atoms with van der Waals surface area (Å²) in [6, 6.07) is 12.9. The highest BCUT2D eigenvalue weighted by Gasteiger charge is 2.17. The van der Waals surface area contributed by atoms with E-state index in [1.165, 1.54) is 11.8 Å². The second-order valence-electron chi connectivity index (χ2n) is 6.08. The summed E-state index contributed by atoms with van der Waals surface area (Å²) in [5, 5.41) is 20.5. The van der Waals surface area contributed by atoms with Crippen LogP contribution in [0.3, 0.4) is 0 Å². The number of nitro benzene ring substituents is 1. The zero-order valence-corrected chi connectivity index (χ0v) is 15.7. The highest BCUT2D eigenvalue weighted by atomic mass is 32.2. The van der Waals surface area contributed by atoms with Gasteiger partial charge in [-0.25, -0.2) is 0 Å². The quantitative estimate of drug-likeness (QED) is 0.519. The standard InChI is InChI=1S/C19H22N2O4S/c1-3-10-20(13-19(22)23)12-15-6-9-18(17(11-15)21(24)25)26-16-7-4-14(2)5-8-16/h4-9,11H,3,10,12-13H2,1-2H3,(H,22,23). The number of hydrogen-bond acceptors (Lipinski definition) is 5. The van der Waals surface area contributed by atoms with Gasteiger partial charge in [-0.3, -0.25) is 19.8 Å². The second-order valence-corrected chi connectivity index (χ2v) is 7.19. The largest absolute Gasteiger partial charge is 0.480 e. The molecule has 0 aliphatic heterocycles. The lowest BCUT2D eigenvalue weighted by Gasteiger charge is -2.19. The summed E-state index contributed by atoms with van der Waals surface area (Å²) in [4.78, 5) is 25.4. The topological polar surface area (TPSA) is 83.7 Å². The van der Waals surface area contributed by atoms with Crippen LogP contribution in [0, 0.1) is 17.0 Å². The molecule has 0 bridgehead atoms. The molecule has 7 heteroatoms. The Bertz CT molecular complexity index is 778. The number of carboxylic acids is 1. The predicted octanol–water partition coefficient (Wildman–Crippen LogP) is 4.35.